The lowest BCUT2D eigenvalue weighted by Crippen LogP contribution is -2.43. The van der Waals surface area contributed by atoms with Crippen LogP contribution in [0.15, 0.2) is 18.2 Å². The molecule has 0 aliphatic carbocycles. The average Bonchev–Trinajstić information content (AvgIpc) is 3.03. The molecular formula is C15H20ClFN2. The summed E-state index contributed by atoms with van der Waals surface area (Å²) in [6.45, 7) is 2.87. The zero-order chi connectivity index (χ0) is 13.2. The van der Waals surface area contributed by atoms with Gasteiger partial charge in [-0.2, -0.15) is 0 Å². The molecule has 2 unspecified atom stereocenters. The lowest BCUT2D eigenvalue weighted by atomic mass is 10.0. The highest BCUT2D eigenvalue weighted by Gasteiger charge is 2.33. The van der Waals surface area contributed by atoms with Crippen LogP contribution in [0.2, 0.25) is 5.02 Å². The summed E-state index contributed by atoms with van der Waals surface area (Å²) in [5, 5.41) is 4.20. The fraction of sp³-hybridized carbons (Fsp3) is 0.600. The summed E-state index contributed by atoms with van der Waals surface area (Å²) in [5.41, 5.74) is 0.720. The first-order valence-corrected chi connectivity index (χ1v) is 7.53. The van der Waals surface area contributed by atoms with Crippen LogP contribution >= 0.6 is 11.6 Å². The van der Waals surface area contributed by atoms with Crippen molar-refractivity contribution in [3.05, 3.63) is 34.6 Å². The van der Waals surface area contributed by atoms with Crippen molar-refractivity contribution in [2.24, 2.45) is 0 Å². The Bertz CT molecular complexity index is 446. The quantitative estimate of drug-likeness (QED) is 0.916. The number of benzene rings is 1. The van der Waals surface area contributed by atoms with E-state index in [1.807, 2.05) is 0 Å². The molecule has 2 atom stereocenters. The Morgan fingerprint density at radius 3 is 3.00 bits per heavy atom. The van der Waals surface area contributed by atoms with E-state index in [2.05, 4.69) is 10.2 Å². The minimum atomic E-state index is -0.144. The largest absolute Gasteiger partial charge is 0.312 e. The minimum Gasteiger partial charge on any atom is -0.312 e. The Hall–Kier alpha value is -0.640. The molecule has 2 saturated heterocycles. The zero-order valence-electron chi connectivity index (χ0n) is 11.0. The first kappa shape index (κ1) is 13.3. The van der Waals surface area contributed by atoms with Gasteiger partial charge in [0.1, 0.15) is 5.82 Å². The van der Waals surface area contributed by atoms with E-state index < -0.39 is 0 Å². The first-order chi connectivity index (χ1) is 9.24. The fourth-order valence-corrected chi connectivity index (χ4v) is 3.62. The third-order valence-corrected chi connectivity index (χ3v) is 4.59. The van der Waals surface area contributed by atoms with Gasteiger partial charge >= 0.3 is 0 Å². The van der Waals surface area contributed by atoms with Crippen LogP contribution in [-0.4, -0.2) is 30.1 Å². The molecule has 4 heteroatoms. The molecule has 2 heterocycles. The van der Waals surface area contributed by atoms with Gasteiger partial charge in [-0.05, 0) is 57.0 Å². The normalized spacial score (nSPS) is 28.1. The Morgan fingerprint density at radius 2 is 2.21 bits per heavy atom. The second-order valence-electron chi connectivity index (χ2n) is 5.62. The van der Waals surface area contributed by atoms with Crippen molar-refractivity contribution in [3.8, 4) is 0 Å². The molecule has 0 bridgehead atoms. The van der Waals surface area contributed by atoms with Crippen LogP contribution in [0.25, 0.3) is 0 Å². The standard InChI is InChI=1S/C15H20ClFN2/c16-12-5-6-13(17)11(9-12)10-19-8-2-4-15(19)14-3-1-7-18-14/h5-6,9,14-15,18H,1-4,7-8,10H2. The molecule has 19 heavy (non-hydrogen) atoms. The molecule has 3 rings (SSSR count). The number of nitrogens with zero attached hydrogens (tertiary/aromatic N) is 1. The predicted molar refractivity (Wildman–Crippen MR) is 75.9 cm³/mol. The number of rotatable bonds is 3. The molecule has 0 amide bonds. The number of hydrogen-bond donors (Lipinski definition) is 1. The number of nitrogens with one attached hydrogen (secondary N) is 1. The van der Waals surface area contributed by atoms with Gasteiger partial charge in [0.05, 0.1) is 0 Å². The van der Waals surface area contributed by atoms with E-state index in [1.165, 1.54) is 31.7 Å². The average molecular weight is 283 g/mol. The predicted octanol–water partition coefficient (Wildman–Crippen LogP) is 3.20. The summed E-state index contributed by atoms with van der Waals surface area (Å²) in [5.74, 6) is -0.144. The monoisotopic (exact) mass is 282 g/mol. The third kappa shape index (κ3) is 2.93. The van der Waals surface area contributed by atoms with Gasteiger partial charge < -0.3 is 5.32 Å². The molecule has 0 saturated carbocycles. The summed E-state index contributed by atoms with van der Waals surface area (Å²) >= 11 is 5.97. The van der Waals surface area contributed by atoms with E-state index in [4.69, 9.17) is 11.6 Å². The van der Waals surface area contributed by atoms with Crippen LogP contribution in [0, 0.1) is 5.82 Å². The van der Waals surface area contributed by atoms with E-state index in [1.54, 1.807) is 12.1 Å². The van der Waals surface area contributed by atoms with Crippen molar-refractivity contribution in [1.82, 2.24) is 10.2 Å². The molecule has 0 spiro atoms. The van der Waals surface area contributed by atoms with Crippen LogP contribution < -0.4 is 5.32 Å². The van der Waals surface area contributed by atoms with Gasteiger partial charge in [0.2, 0.25) is 0 Å². The van der Waals surface area contributed by atoms with E-state index >= 15 is 0 Å². The maximum absolute atomic E-state index is 13.8. The van der Waals surface area contributed by atoms with Gasteiger partial charge in [-0.1, -0.05) is 11.6 Å². The molecule has 2 aliphatic rings. The second kappa shape index (κ2) is 5.78. The minimum absolute atomic E-state index is 0.144. The van der Waals surface area contributed by atoms with E-state index in [0.717, 1.165) is 18.7 Å². The third-order valence-electron chi connectivity index (χ3n) is 4.36. The maximum Gasteiger partial charge on any atom is 0.127 e. The van der Waals surface area contributed by atoms with Crippen LogP contribution in [0.5, 0.6) is 0 Å². The van der Waals surface area contributed by atoms with Crippen molar-refractivity contribution >= 4 is 11.6 Å². The molecule has 2 fully saturated rings. The SMILES string of the molecule is Fc1ccc(Cl)cc1CN1CCCC1C1CCCN1. The highest BCUT2D eigenvalue weighted by molar-refractivity contribution is 6.30. The molecule has 1 N–H and O–H groups in total. The maximum atomic E-state index is 13.8. The van der Waals surface area contributed by atoms with Crippen LogP contribution in [0.1, 0.15) is 31.2 Å². The number of hydrogen-bond acceptors (Lipinski definition) is 2. The summed E-state index contributed by atoms with van der Waals surface area (Å²) in [6, 6.07) is 5.98. The van der Waals surface area contributed by atoms with Crippen molar-refractivity contribution in [2.45, 2.75) is 44.3 Å². The van der Waals surface area contributed by atoms with Gasteiger partial charge in [-0.25, -0.2) is 4.39 Å². The van der Waals surface area contributed by atoms with Gasteiger partial charge in [0, 0.05) is 29.2 Å². The van der Waals surface area contributed by atoms with Crippen molar-refractivity contribution in [3.63, 3.8) is 0 Å². The molecule has 1 aromatic carbocycles. The van der Waals surface area contributed by atoms with E-state index in [0.29, 0.717) is 23.7 Å². The molecule has 2 nitrogen and oxygen atoms in total. The van der Waals surface area contributed by atoms with Crippen LogP contribution in [0.3, 0.4) is 0 Å². The zero-order valence-corrected chi connectivity index (χ0v) is 11.8. The van der Waals surface area contributed by atoms with Gasteiger partial charge in [0.15, 0.2) is 0 Å². The summed E-state index contributed by atoms with van der Waals surface area (Å²) in [7, 11) is 0. The second-order valence-corrected chi connectivity index (χ2v) is 6.06. The Kier molecular flexibility index (Phi) is 4.06. The number of likely N-dealkylation sites (tertiary alicyclic amines) is 1. The molecule has 104 valence electrons. The topological polar surface area (TPSA) is 15.3 Å². The van der Waals surface area contributed by atoms with Crippen LogP contribution in [0.4, 0.5) is 4.39 Å². The lowest BCUT2D eigenvalue weighted by Gasteiger charge is -2.29. The first-order valence-electron chi connectivity index (χ1n) is 7.15. The number of halogens is 2. The highest BCUT2D eigenvalue weighted by atomic mass is 35.5. The van der Waals surface area contributed by atoms with Crippen molar-refractivity contribution < 1.29 is 4.39 Å². The molecule has 0 radical (unpaired) electrons. The Labute approximate surface area is 118 Å². The Morgan fingerprint density at radius 1 is 1.32 bits per heavy atom. The smallest absolute Gasteiger partial charge is 0.127 e. The molecule has 0 aromatic heterocycles. The molecule has 1 aromatic rings. The van der Waals surface area contributed by atoms with Crippen molar-refractivity contribution in [2.75, 3.05) is 13.1 Å². The highest BCUT2D eigenvalue weighted by Crippen LogP contribution is 2.27. The van der Waals surface area contributed by atoms with E-state index in [-0.39, 0.29) is 5.82 Å². The van der Waals surface area contributed by atoms with Crippen LogP contribution in [-0.2, 0) is 6.54 Å². The van der Waals surface area contributed by atoms with Gasteiger partial charge in [-0.15, -0.1) is 0 Å². The lowest BCUT2D eigenvalue weighted by molar-refractivity contribution is 0.204. The summed E-state index contributed by atoms with van der Waals surface area (Å²) in [4.78, 5) is 2.41. The molecular weight excluding hydrogens is 263 g/mol. The Balaban J connectivity index is 1.72. The summed E-state index contributed by atoms with van der Waals surface area (Å²) in [6.07, 6.45) is 4.95. The van der Waals surface area contributed by atoms with Crippen molar-refractivity contribution in [1.29, 1.82) is 0 Å². The molecule has 2 aliphatic heterocycles. The fourth-order valence-electron chi connectivity index (χ4n) is 3.43. The van der Waals surface area contributed by atoms with E-state index in [9.17, 15) is 4.39 Å². The van der Waals surface area contributed by atoms with Gasteiger partial charge in [-0.3, -0.25) is 4.90 Å². The van der Waals surface area contributed by atoms with Gasteiger partial charge in [0.25, 0.3) is 0 Å². The summed E-state index contributed by atoms with van der Waals surface area (Å²) < 4.78 is 13.8.